The van der Waals surface area contributed by atoms with Gasteiger partial charge in [-0.3, -0.25) is 4.79 Å². The van der Waals surface area contributed by atoms with E-state index < -0.39 is 71.0 Å². The Kier molecular flexibility index (Phi) is 9.43. The number of hydrogen-bond acceptors (Lipinski definition) is 6. The number of benzene rings is 1. The summed E-state index contributed by atoms with van der Waals surface area (Å²) in [5.74, 6) is -2.47. The Balaban J connectivity index is 1.93. The van der Waals surface area contributed by atoms with Crippen molar-refractivity contribution in [2.45, 2.75) is 109 Å². The highest BCUT2D eigenvalue weighted by molar-refractivity contribution is 5.95. The molecule has 2 heterocycles. The largest absolute Gasteiger partial charge is 0.480 e. The van der Waals surface area contributed by atoms with Crippen molar-refractivity contribution in [3.63, 3.8) is 0 Å². The van der Waals surface area contributed by atoms with Gasteiger partial charge in [-0.2, -0.15) is 18.2 Å². The van der Waals surface area contributed by atoms with Crippen molar-refractivity contribution in [3.05, 3.63) is 35.4 Å². The number of halogens is 3. The molecule has 1 aromatic carbocycles. The Morgan fingerprint density at radius 1 is 0.881 bits per heavy atom. The summed E-state index contributed by atoms with van der Waals surface area (Å²) in [6.07, 6.45) is -4.24. The van der Waals surface area contributed by atoms with Crippen LogP contribution in [-0.2, 0) is 20.4 Å². The highest BCUT2D eigenvalue weighted by Gasteiger charge is 2.50. The van der Waals surface area contributed by atoms with Crippen LogP contribution in [0.15, 0.2) is 24.3 Å². The van der Waals surface area contributed by atoms with Crippen LogP contribution >= 0.6 is 0 Å². The molecule has 3 unspecified atom stereocenters. The van der Waals surface area contributed by atoms with Crippen molar-refractivity contribution in [1.82, 2.24) is 14.9 Å². The molecule has 2 bridgehead atoms. The number of alkyl halides is 3. The van der Waals surface area contributed by atoms with Crippen molar-refractivity contribution >= 4 is 24.1 Å². The van der Waals surface area contributed by atoms with Crippen LogP contribution in [0.4, 0.5) is 22.8 Å². The SMILES string of the molecule is CN(C(=O)OC(C)(C)C)N(C(=O)OC(C)(C)C)C(C(=O)O)C1CC2CCCC(C1)N2C(=O)c1ccc(C(F)(F)F)cc1. The molecule has 3 atom stereocenters. The van der Waals surface area contributed by atoms with Crippen LogP contribution in [0.3, 0.4) is 0 Å². The number of carboxylic acids is 1. The topological polar surface area (TPSA) is 117 Å². The van der Waals surface area contributed by atoms with E-state index in [9.17, 15) is 37.5 Å². The van der Waals surface area contributed by atoms with E-state index in [-0.39, 0.29) is 18.4 Å². The number of amides is 3. The second-order valence-corrected chi connectivity index (χ2v) is 12.9. The van der Waals surface area contributed by atoms with Crippen LogP contribution < -0.4 is 0 Å². The highest BCUT2D eigenvalue weighted by Crippen LogP contribution is 2.41. The first-order valence-electron chi connectivity index (χ1n) is 13.9. The molecule has 1 N–H and O–H groups in total. The maximum atomic E-state index is 13.5. The van der Waals surface area contributed by atoms with E-state index in [0.717, 1.165) is 40.7 Å². The van der Waals surface area contributed by atoms with Gasteiger partial charge in [0.1, 0.15) is 11.2 Å². The van der Waals surface area contributed by atoms with E-state index in [1.807, 2.05) is 0 Å². The standard InChI is InChI=1S/C29H40F3N3O7/c1-27(2,3)41-25(39)33(7)35(26(40)42-28(4,5)6)22(24(37)38)18-15-20-9-8-10-21(16-18)34(20)23(36)17-11-13-19(14-12-17)29(30,31)32/h11-14,18,20-22H,8-10,15-16H2,1-7H3,(H,37,38). The molecular weight excluding hydrogens is 559 g/mol. The van der Waals surface area contributed by atoms with Crippen LogP contribution in [0.1, 0.15) is 89.6 Å². The minimum absolute atomic E-state index is 0.105. The molecular formula is C29H40F3N3O7. The average molecular weight is 600 g/mol. The molecule has 42 heavy (non-hydrogen) atoms. The quantitative estimate of drug-likeness (QED) is 0.425. The van der Waals surface area contributed by atoms with Gasteiger partial charge in [0.25, 0.3) is 5.91 Å². The maximum Gasteiger partial charge on any atom is 0.430 e. The summed E-state index contributed by atoms with van der Waals surface area (Å²) < 4.78 is 50.0. The number of carbonyl (C=O) groups is 4. The number of ether oxygens (including phenoxy) is 2. The number of hydrogen-bond donors (Lipinski definition) is 1. The van der Waals surface area contributed by atoms with Crippen LogP contribution in [0.2, 0.25) is 0 Å². The van der Waals surface area contributed by atoms with Gasteiger partial charge in [-0.1, -0.05) is 0 Å². The third-order valence-electron chi connectivity index (χ3n) is 7.23. The van der Waals surface area contributed by atoms with Gasteiger partial charge in [0.15, 0.2) is 6.04 Å². The van der Waals surface area contributed by atoms with E-state index in [2.05, 4.69) is 0 Å². The third kappa shape index (κ3) is 7.86. The van der Waals surface area contributed by atoms with Crippen molar-refractivity contribution in [2.75, 3.05) is 7.05 Å². The van der Waals surface area contributed by atoms with Gasteiger partial charge in [-0.25, -0.2) is 19.4 Å². The summed E-state index contributed by atoms with van der Waals surface area (Å²) in [4.78, 5) is 54.3. The summed E-state index contributed by atoms with van der Waals surface area (Å²) in [5.41, 5.74) is -2.68. The zero-order chi connectivity index (χ0) is 31.8. The zero-order valence-corrected chi connectivity index (χ0v) is 25.0. The second kappa shape index (κ2) is 12.0. The number of aliphatic carboxylic acids is 1. The lowest BCUT2D eigenvalue weighted by molar-refractivity contribution is -0.156. The summed E-state index contributed by atoms with van der Waals surface area (Å²) in [7, 11) is 1.23. The smallest absolute Gasteiger partial charge is 0.430 e. The van der Waals surface area contributed by atoms with Crippen LogP contribution in [-0.4, -0.2) is 80.5 Å². The molecule has 2 saturated heterocycles. The van der Waals surface area contributed by atoms with Gasteiger partial charge < -0.3 is 19.5 Å². The molecule has 3 amide bonds. The predicted octanol–water partition coefficient (Wildman–Crippen LogP) is 5.95. The van der Waals surface area contributed by atoms with Crippen molar-refractivity contribution in [3.8, 4) is 0 Å². The molecule has 0 radical (unpaired) electrons. The van der Waals surface area contributed by atoms with Gasteiger partial charge in [0, 0.05) is 24.7 Å². The Morgan fingerprint density at radius 3 is 1.79 bits per heavy atom. The summed E-state index contributed by atoms with van der Waals surface area (Å²) in [6.45, 7) is 9.74. The molecule has 10 nitrogen and oxygen atoms in total. The summed E-state index contributed by atoms with van der Waals surface area (Å²) in [5, 5.41) is 12.0. The molecule has 0 aliphatic carbocycles. The van der Waals surface area contributed by atoms with Gasteiger partial charge in [0.05, 0.1) is 5.56 Å². The summed E-state index contributed by atoms with van der Waals surface area (Å²) in [6, 6.07) is 1.67. The molecule has 0 saturated carbocycles. The molecule has 0 aromatic heterocycles. The Bertz CT molecular complexity index is 1160. The number of nitrogens with zero attached hydrogens (tertiary/aromatic N) is 3. The van der Waals surface area contributed by atoms with Gasteiger partial charge >= 0.3 is 24.3 Å². The third-order valence-corrected chi connectivity index (χ3v) is 7.23. The van der Waals surface area contributed by atoms with E-state index in [4.69, 9.17) is 9.47 Å². The normalized spacial score (nSPS) is 21.7. The van der Waals surface area contributed by atoms with Crippen LogP contribution in [0.5, 0.6) is 0 Å². The molecule has 13 heteroatoms. The number of carboxylic acid groups (broad SMARTS) is 1. The monoisotopic (exact) mass is 599 g/mol. The van der Waals surface area contributed by atoms with Crippen molar-refractivity contribution < 1.29 is 46.9 Å². The average Bonchev–Trinajstić information content (AvgIpc) is 2.82. The highest BCUT2D eigenvalue weighted by atomic mass is 19.4. The molecule has 234 valence electrons. The molecule has 1 aromatic rings. The van der Waals surface area contributed by atoms with Crippen molar-refractivity contribution in [1.29, 1.82) is 0 Å². The fourth-order valence-corrected chi connectivity index (χ4v) is 5.62. The fraction of sp³-hybridized carbons (Fsp3) is 0.655. The first kappa shape index (κ1) is 33.0. The van der Waals surface area contributed by atoms with E-state index in [0.29, 0.717) is 12.8 Å². The van der Waals surface area contributed by atoms with Crippen LogP contribution in [0, 0.1) is 5.92 Å². The fourth-order valence-electron chi connectivity index (χ4n) is 5.62. The van der Waals surface area contributed by atoms with Gasteiger partial charge in [-0.15, -0.1) is 0 Å². The Morgan fingerprint density at radius 2 is 1.36 bits per heavy atom. The first-order chi connectivity index (χ1) is 19.2. The molecule has 0 spiro atoms. The predicted molar refractivity (Wildman–Crippen MR) is 145 cm³/mol. The lowest BCUT2D eigenvalue weighted by Gasteiger charge is -2.51. The minimum atomic E-state index is -4.53. The maximum absolute atomic E-state index is 13.5. The number of rotatable bonds is 4. The lowest BCUT2D eigenvalue weighted by atomic mass is 9.75. The Hall–Kier alpha value is -3.51. The summed E-state index contributed by atoms with van der Waals surface area (Å²) >= 11 is 0. The second-order valence-electron chi connectivity index (χ2n) is 12.9. The zero-order valence-electron chi connectivity index (χ0n) is 25.0. The molecule has 3 rings (SSSR count). The lowest BCUT2D eigenvalue weighted by Crippen LogP contribution is -2.63. The van der Waals surface area contributed by atoms with Crippen molar-refractivity contribution in [2.24, 2.45) is 5.92 Å². The van der Waals surface area contributed by atoms with Gasteiger partial charge in [0.2, 0.25) is 0 Å². The van der Waals surface area contributed by atoms with E-state index in [1.165, 1.54) is 7.05 Å². The van der Waals surface area contributed by atoms with Crippen LogP contribution in [0.25, 0.3) is 0 Å². The molecule has 2 aliphatic heterocycles. The van der Waals surface area contributed by atoms with E-state index in [1.54, 1.807) is 46.4 Å². The number of hydrazine groups is 1. The molecule has 2 aliphatic rings. The number of carbonyl (C=O) groups excluding carboxylic acids is 3. The van der Waals surface area contributed by atoms with E-state index >= 15 is 0 Å². The number of fused-ring (bicyclic) bond motifs is 2. The number of piperidine rings is 2. The minimum Gasteiger partial charge on any atom is -0.480 e. The van der Waals surface area contributed by atoms with Gasteiger partial charge in [-0.05, 0) is 104 Å². The Labute approximate surface area is 243 Å². The first-order valence-corrected chi connectivity index (χ1v) is 13.9. The molecule has 2 fully saturated rings.